The molecule has 15 heavy (non-hydrogen) atoms. The number of carbonyl (C=O) groups excluding carboxylic acids is 2. The lowest BCUT2D eigenvalue weighted by Gasteiger charge is -2.14. The van der Waals surface area contributed by atoms with Crippen molar-refractivity contribution < 1.29 is 14.3 Å². The molecule has 1 fully saturated rings. The van der Waals surface area contributed by atoms with Crippen LogP contribution in [0.15, 0.2) is 0 Å². The van der Waals surface area contributed by atoms with E-state index in [-0.39, 0.29) is 30.4 Å². The molecule has 0 bridgehead atoms. The fourth-order valence-corrected chi connectivity index (χ4v) is 1.72. The summed E-state index contributed by atoms with van der Waals surface area (Å²) in [7, 11) is 0. The smallest absolute Gasteiger partial charge is 0.325 e. The molecule has 0 aromatic heterocycles. The minimum Gasteiger partial charge on any atom is -0.465 e. The first kappa shape index (κ1) is 12.0. The van der Waals surface area contributed by atoms with Crippen molar-refractivity contribution in [1.29, 1.82) is 0 Å². The molecule has 2 N–H and O–H groups in total. The fraction of sp³-hybridized carbons (Fsp3) is 0.800. The highest BCUT2D eigenvalue weighted by Gasteiger charge is 2.29. The second kappa shape index (κ2) is 5.70. The van der Waals surface area contributed by atoms with Crippen LogP contribution in [0.25, 0.3) is 0 Å². The summed E-state index contributed by atoms with van der Waals surface area (Å²) in [6.45, 7) is 4.88. The highest BCUT2D eigenvalue weighted by atomic mass is 16.5. The lowest BCUT2D eigenvalue weighted by molar-refractivity contribution is -0.143. The Morgan fingerprint density at radius 1 is 1.53 bits per heavy atom. The summed E-state index contributed by atoms with van der Waals surface area (Å²) < 4.78 is 4.71. The average Bonchev–Trinajstić information content (AvgIpc) is 2.61. The molecule has 0 saturated carbocycles. The molecule has 2 unspecified atom stereocenters. The normalized spacial score (nSPS) is 24.9. The van der Waals surface area contributed by atoms with Gasteiger partial charge in [-0.2, -0.15) is 0 Å². The van der Waals surface area contributed by atoms with Gasteiger partial charge in [0.2, 0.25) is 5.91 Å². The first-order valence-electron chi connectivity index (χ1n) is 5.32. The monoisotopic (exact) mass is 214 g/mol. The van der Waals surface area contributed by atoms with Crippen LogP contribution in [-0.2, 0) is 14.3 Å². The van der Waals surface area contributed by atoms with Crippen LogP contribution in [0.5, 0.6) is 0 Å². The molecule has 0 spiro atoms. The Kier molecular flexibility index (Phi) is 4.55. The van der Waals surface area contributed by atoms with E-state index in [0.29, 0.717) is 6.61 Å². The van der Waals surface area contributed by atoms with Crippen LogP contribution in [-0.4, -0.2) is 37.6 Å². The molecular weight excluding hydrogens is 196 g/mol. The van der Waals surface area contributed by atoms with Gasteiger partial charge >= 0.3 is 5.97 Å². The van der Waals surface area contributed by atoms with E-state index in [1.807, 2.05) is 6.92 Å². The number of ether oxygens (including phenoxy) is 1. The van der Waals surface area contributed by atoms with E-state index in [9.17, 15) is 9.59 Å². The van der Waals surface area contributed by atoms with Gasteiger partial charge in [-0.25, -0.2) is 0 Å². The number of hydrogen-bond acceptors (Lipinski definition) is 4. The minimum absolute atomic E-state index is 0.0283. The molecule has 1 aliphatic rings. The minimum atomic E-state index is -0.385. The lowest BCUT2D eigenvalue weighted by atomic mass is 10.0. The molecule has 5 heteroatoms. The second-order valence-electron chi connectivity index (χ2n) is 3.66. The number of nitrogens with one attached hydrogen (secondary N) is 2. The van der Waals surface area contributed by atoms with Crippen LogP contribution in [0.4, 0.5) is 0 Å². The van der Waals surface area contributed by atoms with Gasteiger partial charge in [-0.1, -0.05) is 0 Å². The maximum atomic E-state index is 11.6. The Balaban J connectivity index is 2.26. The molecule has 0 aromatic rings. The first-order valence-corrected chi connectivity index (χ1v) is 5.32. The Morgan fingerprint density at radius 2 is 2.27 bits per heavy atom. The van der Waals surface area contributed by atoms with Crippen LogP contribution >= 0.6 is 0 Å². The third-order valence-electron chi connectivity index (χ3n) is 2.57. The van der Waals surface area contributed by atoms with Crippen LogP contribution in [0.1, 0.15) is 20.3 Å². The van der Waals surface area contributed by atoms with Crippen molar-refractivity contribution in [3.05, 3.63) is 0 Å². The molecule has 5 nitrogen and oxygen atoms in total. The van der Waals surface area contributed by atoms with Gasteiger partial charge in [-0.05, 0) is 26.8 Å². The molecular formula is C10H18N2O3. The molecule has 1 rings (SSSR count). The van der Waals surface area contributed by atoms with E-state index >= 15 is 0 Å². The van der Waals surface area contributed by atoms with Crippen molar-refractivity contribution in [2.75, 3.05) is 19.7 Å². The predicted octanol–water partition coefficient (Wildman–Crippen LogP) is -0.336. The van der Waals surface area contributed by atoms with E-state index in [1.165, 1.54) is 0 Å². The van der Waals surface area contributed by atoms with Gasteiger partial charge in [0.15, 0.2) is 0 Å². The van der Waals surface area contributed by atoms with Crippen molar-refractivity contribution in [2.24, 2.45) is 5.92 Å². The largest absolute Gasteiger partial charge is 0.465 e. The topological polar surface area (TPSA) is 67.4 Å². The van der Waals surface area contributed by atoms with E-state index in [4.69, 9.17) is 4.74 Å². The van der Waals surface area contributed by atoms with Gasteiger partial charge in [0.25, 0.3) is 0 Å². The number of hydrogen-bond donors (Lipinski definition) is 2. The summed E-state index contributed by atoms with van der Waals surface area (Å²) >= 11 is 0. The summed E-state index contributed by atoms with van der Waals surface area (Å²) in [4.78, 5) is 22.6. The third-order valence-corrected chi connectivity index (χ3v) is 2.57. The van der Waals surface area contributed by atoms with Gasteiger partial charge in [0, 0.05) is 6.04 Å². The zero-order chi connectivity index (χ0) is 11.3. The summed E-state index contributed by atoms with van der Waals surface area (Å²) in [6, 6.07) is 0.187. The molecule has 0 aromatic carbocycles. The highest BCUT2D eigenvalue weighted by Crippen LogP contribution is 2.14. The van der Waals surface area contributed by atoms with Crippen molar-refractivity contribution in [2.45, 2.75) is 26.3 Å². The summed E-state index contributed by atoms with van der Waals surface area (Å²) in [5.41, 5.74) is 0. The van der Waals surface area contributed by atoms with Crippen molar-refractivity contribution in [3.63, 3.8) is 0 Å². The molecule has 1 amide bonds. The number of rotatable bonds is 4. The number of amides is 1. The molecule has 1 heterocycles. The van der Waals surface area contributed by atoms with Crippen LogP contribution < -0.4 is 10.6 Å². The van der Waals surface area contributed by atoms with E-state index in [1.54, 1.807) is 6.92 Å². The second-order valence-corrected chi connectivity index (χ2v) is 3.66. The van der Waals surface area contributed by atoms with E-state index < -0.39 is 0 Å². The SMILES string of the molecule is CCOC(=O)CNC(=O)C1CCNC1C. The third kappa shape index (κ3) is 3.51. The van der Waals surface area contributed by atoms with Crippen molar-refractivity contribution >= 4 is 11.9 Å². The zero-order valence-corrected chi connectivity index (χ0v) is 9.21. The highest BCUT2D eigenvalue weighted by molar-refractivity contribution is 5.84. The van der Waals surface area contributed by atoms with Crippen LogP contribution in [0.2, 0.25) is 0 Å². The van der Waals surface area contributed by atoms with Gasteiger partial charge in [0.1, 0.15) is 6.54 Å². The standard InChI is InChI=1S/C10H18N2O3/c1-3-15-9(13)6-12-10(14)8-4-5-11-7(8)2/h7-8,11H,3-6H2,1-2H3,(H,12,14). The van der Waals surface area contributed by atoms with Crippen molar-refractivity contribution in [3.8, 4) is 0 Å². The zero-order valence-electron chi connectivity index (χ0n) is 9.21. The predicted molar refractivity (Wildman–Crippen MR) is 55.2 cm³/mol. The quantitative estimate of drug-likeness (QED) is 0.628. The Hall–Kier alpha value is -1.10. The molecule has 0 radical (unpaired) electrons. The van der Waals surface area contributed by atoms with Crippen LogP contribution in [0.3, 0.4) is 0 Å². The van der Waals surface area contributed by atoms with Gasteiger partial charge in [0.05, 0.1) is 12.5 Å². The van der Waals surface area contributed by atoms with Gasteiger partial charge in [-0.15, -0.1) is 0 Å². The molecule has 2 atom stereocenters. The number of esters is 1. The fourth-order valence-electron chi connectivity index (χ4n) is 1.72. The Bertz CT molecular complexity index is 243. The Morgan fingerprint density at radius 3 is 2.80 bits per heavy atom. The molecule has 86 valence electrons. The summed E-state index contributed by atoms with van der Waals surface area (Å²) in [6.07, 6.45) is 0.829. The Labute approximate surface area is 89.6 Å². The van der Waals surface area contributed by atoms with Gasteiger partial charge in [-0.3, -0.25) is 9.59 Å². The van der Waals surface area contributed by atoms with Crippen LogP contribution in [0, 0.1) is 5.92 Å². The average molecular weight is 214 g/mol. The maximum Gasteiger partial charge on any atom is 0.325 e. The lowest BCUT2D eigenvalue weighted by Crippen LogP contribution is -2.39. The first-order chi connectivity index (χ1) is 7.15. The summed E-state index contributed by atoms with van der Waals surface area (Å²) in [5, 5.41) is 5.77. The van der Waals surface area contributed by atoms with E-state index in [0.717, 1.165) is 13.0 Å². The number of carbonyl (C=O) groups is 2. The van der Waals surface area contributed by atoms with E-state index in [2.05, 4.69) is 10.6 Å². The molecule has 1 saturated heterocycles. The maximum absolute atomic E-state index is 11.6. The summed E-state index contributed by atoms with van der Waals surface area (Å²) in [5.74, 6) is -0.482. The molecule has 0 aliphatic carbocycles. The van der Waals surface area contributed by atoms with Crippen molar-refractivity contribution in [1.82, 2.24) is 10.6 Å². The molecule has 1 aliphatic heterocycles. The van der Waals surface area contributed by atoms with Gasteiger partial charge < -0.3 is 15.4 Å².